The third-order valence-corrected chi connectivity index (χ3v) is 6.70. The maximum atomic E-state index is 13.9. The molecule has 1 amide bonds. The van der Waals surface area contributed by atoms with Gasteiger partial charge < -0.3 is 4.90 Å². The third kappa shape index (κ3) is 4.07. The zero-order valence-corrected chi connectivity index (χ0v) is 16.3. The van der Waals surface area contributed by atoms with Crippen LogP contribution in [0.2, 0.25) is 5.02 Å². The van der Waals surface area contributed by atoms with E-state index in [1.807, 2.05) is 0 Å². The normalized spacial score (nSPS) is 15.3. The van der Waals surface area contributed by atoms with Crippen LogP contribution in [0.1, 0.15) is 10.4 Å². The van der Waals surface area contributed by atoms with Crippen LogP contribution in [0.15, 0.2) is 41.3 Å². The van der Waals surface area contributed by atoms with E-state index in [0.29, 0.717) is 0 Å². The zero-order valence-electron chi connectivity index (χ0n) is 14.7. The molecule has 1 heterocycles. The summed E-state index contributed by atoms with van der Waals surface area (Å²) in [6, 6.07) is 6.19. The first-order valence-electron chi connectivity index (χ1n) is 8.30. The molecule has 0 atom stereocenters. The second-order valence-electron chi connectivity index (χ2n) is 6.17. The van der Waals surface area contributed by atoms with Gasteiger partial charge in [-0.1, -0.05) is 17.7 Å². The van der Waals surface area contributed by atoms with Gasteiger partial charge in [0.05, 0.1) is 15.5 Å². The lowest BCUT2D eigenvalue weighted by molar-refractivity contribution is -0.384. The lowest BCUT2D eigenvalue weighted by Crippen LogP contribution is -2.50. The first-order valence-corrected chi connectivity index (χ1v) is 10.1. The fourth-order valence-electron chi connectivity index (χ4n) is 2.95. The summed E-state index contributed by atoms with van der Waals surface area (Å²) in [6.45, 7) is -0.429. The number of hydrogen-bond donors (Lipinski definition) is 0. The van der Waals surface area contributed by atoms with Gasteiger partial charge in [0, 0.05) is 38.3 Å². The number of hydrogen-bond acceptors (Lipinski definition) is 5. The average Bonchev–Trinajstić information content (AvgIpc) is 2.67. The number of carbonyl (C=O) groups is 1. The van der Waals surface area contributed by atoms with Crippen LogP contribution in [0.3, 0.4) is 0 Å². The SMILES string of the molecule is O=C(c1ccc([N+](=O)[O-])cc1Cl)N1CCN(S(=O)(=O)c2c(F)cccc2F)CC1. The Morgan fingerprint density at radius 1 is 1.07 bits per heavy atom. The number of halogens is 3. The van der Waals surface area contributed by atoms with Crippen molar-refractivity contribution in [2.24, 2.45) is 0 Å². The van der Waals surface area contributed by atoms with Gasteiger partial charge >= 0.3 is 0 Å². The Morgan fingerprint density at radius 3 is 2.17 bits per heavy atom. The molecule has 12 heteroatoms. The first kappa shape index (κ1) is 21.1. The molecular formula is C17H14ClF2N3O5S. The molecular weight excluding hydrogens is 432 g/mol. The van der Waals surface area contributed by atoms with Crippen molar-refractivity contribution in [3.05, 3.63) is 68.7 Å². The van der Waals surface area contributed by atoms with E-state index in [4.69, 9.17) is 11.6 Å². The molecule has 0 aliphatic carbocycles. The van der Waals surface area contributed by atoms with Crippen molar-refractivity contribution in [1.29, 1.82) is 0 Å². The predicted octanol–water partition coefficient (Wildman–Crippen LogP) is 2.67. The van der Waals surface area contributed by atoms with Crippen LogP contribution in [0, 0.1) is 21.7 Å². The minimum absolute atomic E-state index is 0.0359. The highest BCUT2D eigenvalue weighted by Crippen LogP contribution is 2.26. The fourth-order valence-corrected chi connectivity index (χ4v) is 4.74. The van der Waals surface area contributed by atoms with Gasteiger partial charge in [0.25, 0.3) is 11.6 Å². The molecule has 0 radical (unpaired) electrons. The van der Waals surface area contributed by atoms with E-state index in [9.17, 15) is 32.1 Å². The van der Waals surface area contributed by atoms with Gasteiger partial charge in [-0.25, -0.2) is 17.2 Å². The van der Waals surface area contributed by atoms with E-state index in [0.717, 1.165) is 34.6 Å². The second-order valence-corrected chi connectivity index (χ2v) is 8.45. The summed E-state index contributed by atoms with van der Waals surface area (Å²) in [5.41, 5.74) is -0.233. The van der Waals surface area contributed by atoms with Crippen LogP contribution in [-0.4, -0.2) is 54.6 Å². The highest BCUT2D eigenvalue weighted by atomic mass is 35.5. The van der Waals surface area contributed by atoms with Crippen molar-refractivity contribution >= 4 is 33.2 Å². The van der Waals surface area contributed by atoms with Gasteiger partial charge in [-0.05, 0) is 18.2 Å². The molecule has 1 aliphatic rings. The standard InChI is InChI=1S/C17H14ClF2N3O5S/c18-13-10-11(23(25)26)4-5-12(13)17(24)21-6-8-22(9-7-21)29(27,28)16-14(19)2-1-3-15(16)20/h1-5,10H,6-9H2. The molecule has 0 saturated carbocycles. The van der Waals surface area contributed by atoms with E-state index < -0.39 is 37.4 Å². The number of nitrogens with zero attached hydrogens (tertiary/aromatic N) is 3. The van der Waals surface area contributed by atoms with Crippen molar-refractivity contribution < 1.29 is 26.9 Å². The molecule has 1 aliphatic heterocycles. The van der Waals surface area contributed by atoms with E-state index in [-0.39, 0.29) is 42.5 Å². The quantitative estimate of drug-likeness (QED) is 0.532. The number of non-ortho nitro benzene ring substituents is 1. The van der Waals surface area contributed by atoms with Gasteiger partial charge in [-0.15, -0.1) is 0 Å². The van der Waals surface area contributed by atoms with E-state index in [1.54, 1.807) is 0 Å². The van der Waals surface area contributed by atoms with Gasteiger partial charge in [0.15, 0.2) is 4.90 Å². The van der Waals surface area contributed by atoms with E-state index in [1.165, 1.54) is 11.0 Å². The largest absolute Gasteiger partial charge is 0.336 e. The maximum absolute atomic E-state index is 13.9. The number of carbonyl (C=O) groups excluding carboxylic acids is 1. The highest BCUT2D eigenvalue weighted by Gasteiger charge is 2.34. The highest BCUT2D eigenvalue weighted by molar-refractivity contribution is 7.89. The van der Waals surface area contributed by atoms with Crippen molar-refractivity contribution in [3.8, 4) is 0 Å². The van der Waals surface area contributed by atoms with Gasteiger partial charge in [0.1, 0.15) is 11.6 Å². The topological polar surface area (TPSA) is 101 Å². The number of benzene rings is 2. The summed E-state index contributed by atoms with van der Waals surface area (Å²) in [4.78, 5) is 23.0. The zero-order chi connectivity index (χ0) is 21.3. The Bertz CT molecular complexity index is 1070. The van der Waals surface area contributed by atoms with Crippen molar-refractivity contribution in [3.63, 3.8) is 0 Å². The number of rotatable bonds is 4. The predicted molar refractivity (Wildman–Crippen MR) is 99.1 cm³/mol. The van der Waals surface area contributed by atoms with Crippen LogP contribution in [0.25, 0.3) is 0 Å². The molecule has 0 aromatic heterocycles. The monoisotopic (exact) mass is 445 g/mol. The summed E-state index contributed by atoms with van der Waals surface area (Å²) < 4.78 is 53.9. The number of nitro groups is 1. The van der Waals surface area contributed by atoms with Crippen LogP contribution in [0.5, 0.6) is 0 Å². The molecule has 0 N–H and O–H groups in total. The molecule has 2 aromatic carbocycles. The summed E-state index contributed by atoms with van der Waals surface area (Å²) >= 11 is 5.96. The number of amides is 1. The number of piperazine rings is 1. The molecule has 154 valence electrons. The molecule has 29 heavy (non-hydrogen) atoms. The van der Waals surface area contributed by atoms with Gasteiger partial charge in [-0.3, -0.25) is 14.9 Å². The summed E-state index contributed by atoms with van der Waals surface area (Å²) in [5, 5.41) is 10.7. The van der Waals surface area contributed by atoms with Crippen LogP contribution in [0.4, 0.5) is 14.5 Å². The van der Waals surface area contributed by atoms with Crippen LogP contribution < -0.4 is 0 Å². The Hall–Kier alpha value is -2.63. The molecule has 8 nitrogen and oxygen atoms in total. The molecule has 2 aromatic rings. The lowest BCUT2D eigenvalue weighted by Gasteiger charge is -2.34. The Balaban J connectivity index is 1.75. The summed E-state index contributed by atoms with van der Waals surface area (Å²) in [5.74, 6) is -2.92. The van der Waals surface area contributed by atoms with Crippen LogP contribution in [-0.2, 0) is 10.0 Å². The second kappa shape index (κ2) is 8.01. The number of nitro benzene ring substituents is 1. The Labute approximate surface area is 169 Å². The van der Waals surface area contributed by atoms with Crippen molar-refractivity contribution in [2.45, 2.75) is 4.90 Å². The molecule has 3 rings (SSSR count). The Kier molecular flexibility index (Phi) is 5.82. The third-order valence-electron chi connectivity index (χ3n) is 4.44. The molecule has 0 unspecified atom stereocenters. The van der Waals surface area contributed by atoms with E-state index in [2.05, 4.69) is 0 Å². The Morgan fingerprint density at radius 2 is 1.66 bits per heavy atom. The number of sulfonamides is 1. The fraction of sp³-hybridized carbons (Fsp3) is 0.235. The van der Waals surface area contributed by atoms with Crippen molar-refractivity contribution in [2.75, 3.05) is 26.2 Å². The first-order chi connectivity index (χ1) is 13.6. The maximum Gasteiger partial charge on any atom is 0.270 e. The minimum atomic E-state index is -4.42. The summed E-state index contributed by atoms with van der Waals surface area (Å²) in [6.07, 6.45) is 0. The molecule has 0 spiro atoms. The van der Waals surface area contributed by atoms with Crippen LogP contribution >= 0.6 is 11.6 Å². The van der Waals surface area contributed by atoms with Gasteiger partial charge in [0.2, 0.25) is 10.0 Å². The van der Waals surface area contributed by atoms with E-state index >= 15 is 0 Å². The molecule has 1 saturated heterocycles. The lowest BCUT2D eigenvalue weighted by atomic mass is 10.1. The summed E-state index contributed by atoms with van der Waals surface area (Å²) in [7, 11) is -4.42. The molecule has 0 bridgehead atoms. The average molecular weight is 446 g/mol. The van der Waals surface area contributed by atoms with Gasteiger partial charge in [-0.2, -0.15) is 4.31 Å². The molecule has 1 fully saturated rings. The minimum Gasteiger partial charge on any atom is -0.336 e. The smallest absolute Gasteiger partial charge is 0.270 e. The van der Waals surface area contributed by atoms with Crippen molar-refractivity contribution in [1.82, 2.24) is 9.21 Å².